The number of nitrogens with zero attached hydrogens (tertiary/aromatic N) is 3. The number of hydrogen-bond acceptors (Lipinski definition) is 3. The largest absolute Gasteiger partial charge is 0.508 e. The van der Waals surface area contributed by atoms with Crippen LogP contribution in [0.25, 0.3) is 5.82 Å². The normalized spacial score (nSPS) is 10.7. The number of aromatic hydroxyl groups is 1. The van der Waals surface area contributed by atoms with E-state index in [2.05, 4.69) is 4.98 Å². The maximum atomic E-state index is 12.9. The molecule has 25 heavy (non-hydrogen) atoms. The van der Waals surface area contributed by atoms with Gasteiger partial charge in [-0.3, -0.25) is 4.79 Å². The minimum absolute atomic E-state index is 0.0847. The highest BCUT2D eigenvalue weighted by atomic mass is 16.3. The molecule has 0 atom stereocenters. The molecule has 0 aliphatic rings. The molecule has 1 aromatic carbocycles. The van der Waals surface area contributed by atoms with Gasteiger partial charge in [-0.25, -0.2) is 4.98 Å². The van der Waals surface area contributed by atoms with Crippen molar-refractivity contribution in [1.29, 1.82) is 0 Å². The summed E-state index contributed by atoms with van der Waals surface area (Å²) in [4.78, 5) is 18.9. The summed E-state index contributed by atoms with van der Waals surface area (Å²) in [6, 6.07) is 14.6. The van der Waals surface area contributed by atoms with Crippen molar-refractivity contribution in [2.75, 3.05) is 7.05 Å². The number of hydrogen-bond donors (Lipinski definition) is 1. The summed E-state index contributed by atoms with van der Waals surface area (Å²) in [5.74, 6) is 0.902. The first-order chi connectivity index (χ1) is 12.0. The van der Waals surface area contributed by atoms with Crippen molar-refractivity contribution >= 4 is 5.91 Å². The SMILES string of the molecule is Cc1cc(C(=O)N(C)Cc2ccccc2O)c(C)n1-c1ccccn1. The van der Waals surface area contributed by atoms with Crippen molar-refractivity contribution in [2.24, 2.45) is 0 Å². The lowest BCUT2D eigenvalue weighted by Crippen LogP contribution is -2.26. The topological polar surface area (TPSA) is 58.4 Å². The number of benzene rings is 1. The molecule has 0 fully saturated rings. The molecule has 5 heteroatoms. The molecule has 0 aliphatic heterocycles. The maximum absolute atomic E-state index is 12.9. The fourth-order valence-corrected chi connectivity index (χ4v) is 3.00. The smallest absolute Gasteiger partial charge is 0.255 e. The maximum Gasteiger partial charge on any atom is 0.255 e. The monoisotopic (exact) mass is 335 g/mol. The Balaban J connectivity index is 1.89. The molecular weight excluding hydrogens is 314 g/mol. The van der Waals surface area contributed by atoms with E-state index in [9.17, 15) is 9.90 Å². The number of pyridine rings is 1. The molecule has 3 aromatic rings. The van der Waals surface area contributed by atoms with Crippen LogP contribution >= 0.6 is 0 Å². The van der Waals surface area contributed by atoms with Gasteiger partial charge in [0.05, 0.1) is 5.56 Å². The third-order valence-electron chi connectivity index (χ3n) is 4.29. The Morgan fingerprint density at radius 2 is 1.88 bits per heavy atom. The van der Waals surface area contributed by atoms with Gasteiger partial charge in [0.15, 0.2) is 0 Å². The van der Waals surface area contributed by atoms with Crippen molar-refractivity contribution < 1.29 is 9.90 Å². The van der Waals surface area contributed by atoms with E-state index in [1.165, 1.54) is 0 Å². The Morgan fingerprint density at radius 1 is 1.16 bits per heavy atom. The van der Waals surface area contributed by atoms with Crippen LogP contribution in [-0.4, -0.2) is 32.5 Å². The van der Waals surface area contributed by atoms with Crippen LogP contribution in [0.5, 0.6) is 5.75 Å². The molecule has 0 bridgehead atoms. The van der Waals surface area contributed by atoms with Crippen LogP contribution in [0.1, 0.15) is 27.3 Å². The Bertz CT molecular complexity index is 901. The fourth-order valence-electron chi connectivity index (χ4n) is 3.00. The van der Waals surface area contributed by atoms with E-state index in [0.717, 1.165) is 22.8 Å². The molecule has 1 N–H and O–H groups in total. The lowest BCUT2D eigenvalue weighted by Gasteiger charge is -2.18. The Hall–Kier alpha value is -3.08. The predicted octanol–water partition coefficient (Wildman–Crippen LogP) is 3.47. The fraction of sp³-hybridized carbons (Fsp3) is 0.200. The summed E-state index contributed by atoms with van der Waals surface area (Å²) in [6.45, 7) is 4.23. The second kappa shape index (κ2) is 6.81. The van der Waals surface area contributed by atoms with Crippen molar-refractivity contribution in [2.45, 2.75) is 20.4 Å². The van der Waals surface area contributed by atoms with Crippen molar-refractivity contribution in [3.05, 3.63) is 77.2 Å². The molecule has 3 rings (SSSR count). The first kappa shape index (κ1) is 16.8. The minimum Gasteiger partial charge on any atom is -0.508 e. The Labute approximate surface area is 147 Å². The second-order valence-corrected chi connectivity index (χ2v) is 6.10. The summed E-state index contributed by atoms with van der Waals surface area (Å²) in [5.41, 5.74) is 3.17. The number of aromatic nitrogens is 2. The Morgan fingerprint density at radius 3 is 2.56 bits per heavy atom. The van der Waals surface area contributed by atoms with E-state index in [1.54, 1.807) is 30.3 Å². The number of para-hydroxylation sites is 1. The number of phenolic OH excluding ortho intramolecular Hbond substituents is 1. The van der Waals surface area contributed by atoms with Gasteiger partial charge in [0.25, 0.3) is 5.91 Å². The molecule has 2 heterocycles. The van der Waals surface area contributed by atoms with Gasteiger partial charge in [0, 0.05) is 36.7 Å². The first-order valence-electron chi connectivity index (χ1n) is 8.11. The first-order valence-corrected chi connectivity index (χ1v) is 8.11. The number of amides is 1. The van der Waals surface area contributed by atoms with Gasteiger partial charge in [0.1, 0.15) is 11.6 Å². The molecule has 0 aliphatic carbocycles. The minimum atomic E-state index is -0.0847. The molecular formula is C20H21N3O2. The van der Waals surface area contributed by atoms with Crippen LogP contribution < -0.4 is 0 Å². The number of aryl methyl sites for hydroxylation is 1. The highest BCUT2D eigenvalue weighted by molar-refractivity contribution is 5.95. The van der Waals surface area contributed by atoms with Gasteiger partial charge in [-0.05, 0) is 38.1 Å². The lowest BCUT2D eigenvalue weighted by molar-refractivity contribution is 0.0783. The van der Waals surface area contributed by atoms with E-state index in [1.807, 2.05) is 54.8 Å². The van der Waals surface area contributed by atoms with Gasteiger partial charge in [0.2, 0.25) is 0 Å². The van der Waals surface area contributed by atoms with Crippen LogP contribution in [0.15, 0.2) is 54.7 Å². The van der Waals surface area contributed by atoms with Crippen LogP contribution in [0, 0.1) is 13.8 Å². The third kappa shape index (κ3) is 3.26. The van der Waals surface area contributed by atoms with Gasteiger partial charge >= 0.3 is 0 Å². The summed E-state index contributed by atoms with van der Waals surface area (Å²) in [7, 11) is 1.74. The van der Waals surface area contributed by atoms with Crippen molar-refractivity contribution in [1.82, 2.24) is 14.5 Å². The van der Waals surface area contributed by atoms with Gasteiger partial charge in [-0.1, -0.05) is 24.3 Å². The van der Waals surface area contributed by atoms with Crippen LogP contribution in [-0.2, 0) is 6.54 Å². The van der Waals surface area contributed by atoms with Crippen molar-refractivity contribution in [3.8, 4) is 11.6 Å². The molecule has 128 valence electrons. The molecule has 0 radical (unpaired) electrons. The average Bonchev–Trinajstić information content (AvgIpc) is 2.91. The number of rotatable bonds is 4. The summed E-state index contributed by atoms with van der Waals surface area (Å²) in [5, 5.41) is 9.91. The van der Waals surface area contributed by atoms with Crippen LogP contribution in [0.3, 0.4) is 0 Å². The average molecular weight is 335 g/mol. The zero-order valence-corrected chi connectivity index (χ0v) is 14.6. The number of carbonyl (C=O) groups is 1. The van der Waals surface area contributed by atoms with Gasteiger partial charge in [-0.15, -0.1) is 0 Å². The molecule has 1 amide bonds. The van der Waals surface area contributed by atoms with Crippen LogP contribution in [0.2, 0.25) is 0 Å². The van der Waals surface area contributed by atoms with Gasteiger partial charge in [-0.2, -0.15) is 0 Å². The van der Waals surface area contributed by atoms with Crippen LogP contribution in [0.4, 0.5) is 0 Å². The summed E-state index contributed by atoms with van der Waals surface area (Å²) >= 11 is 0. The van der Waals surface area contributed by atoms with E-state index < -0.39 is 0 Å². The number of phenols is 1. The van der Waals surface area contributed by atoms with E-state index in [-0.39, 0.29) is 11.7 Å². The van der Waals surface area contributed by atoms with E-state index in [0.29, 0.717) is 12.1 Å². The van der Waals surface area contributed by atoms with Crippen molar-refractivity contribution in [3.63, 3.8) is 0 Å². The second-order valence-electron chi connectivity index (χ2n) is 6.10. The molecule has 0 unspecified atom stereocenters. The summed E-state index contributed by atoms with van der Waals surface area (Å²) in [6.07, 6.45) is 1.74. The molecule has 2 aromatic heterocycles. The highest BCUT2D eigenvalue weighted by Gasteiger charge is 2.20. The molecule has 0 saturated carbocycles. The molecule has 5 nitrogen and oxygen atoms in total. The number of carbonyl (C=O) groups excluding carboxylic acids is 1. The lowest BCUT2D eigenvalue weighted by atomic mass is 10.1. The zero-order valence-electron chi connectivity index (χ0n) is 14.6. The standard InChI is InChI=1S/C20H21N3O2/c1-14-12-17(15(2)23(14)19-10-6-7-11-21-19)20(25)22(3)13-16-8-4-5-9-18(16)24/h4-12,24H,13H2,1-3H3. The van der Waals surface area contributed by atoms with E-state index >= 15 is 0 Å². The highest BCUT2D eigenvalue weighted by Crippen LogP contribution is 2.22. The third-order valence-corrected chi connectivity index (χ3v) is 4.29. The predicted molar refractivity (Wildman–Crippen MR) is 96.9 cm³/mol. The van der Waals surface area contributed by atoms with E-state index in [4.69, 9.17) is 0 Å². The van der Waals surface area contributed by atoms with Gasteiger partial charge < -0.3 is 14.6 Å². The quantitative estimate of drug-likeness (QED) is 0.794. The molecule has 0 saturated heterocycles. The molecule has 0 spiro atoms. The Kier molecular flexibility index (Phi) is 4.57. The summed E-state index contributed by atoms with van der Waals surface area (Å²) < 4.78 is 1.97. The zero-order chi connectivity index (χ0) is 18.0.